The lowest BCUT2D eigenvalue weighted by Crippen LogP contribution is -2.39. The van der Waals surface area contributed by atoms with E-state index in [2.05, 4.69) is 22.9 Å². The maximum atomic E-state index is 12.1. The van der Waals surface area contributed by atoms with Crippen molar-refractivity contribution in [3.05, 3.63) is 29.8 Å². The Morgan fingerprint density at radius 2 is 1.90 bits per heavy atom. The molecule has 0 aliphatic rings. The molecule has 0 aromatic heterocycles. The van der Waals surface area contributed by atoms with Crippen LogP contribution < -0.4 is 21.7 Å². The van der Waals surface area contributed by atoms with E-state index in [0.29, 0.717) is 19.4 Å². The topological polar surface area (TPSA) is 96.2 Å². The minimum atomic E-state index is -0.545. The number of nitrogens with two attached hydrogens (primary N) is 1. The molecule has 5 N–H and O–H groups in total. The van der Waals surface area contributed by atoms with Gasteiger partial charge in [-0.05, 0) is 44.0 Å². The molecular weight excluding hydrogens is 268 g/mol. The molecule has 0 heterocycles. The Morgan fingerprint density at radius 3 is 2.43 bits per heavy atom. The monoisotopic (exact) mass is 292 g/mol. The summed E-state index contributed by atoms with van der Waals surface area (Å²) in [5, 5.41) is 8.36. The van der Waals surface area contributed by atoms with Crippen molar-refractivity contribution in [1.82, 2.24) is 10.6 Å². The van der Waals surface area contributed by atoms with E-state index in [1.807, 2.05) is 24.3 Å². The number of hydrogen-bond acceptors (Lipinski definition) is 3. The van der Waals surface area contributed by atoms with Gasteiger partial charge in [-0.3, -0.25) is 4.79 Å². The molecule has 0 aliphatic heterocycles. The van der Waals surface area contributed by atoms with Crippen LogP contribution in [-0.4, -0.2) is 31.6 Å². The minimum absolute atomic E-state index is 0.0826. The highest BCUT2D eigenvalue weighted by Gasteiger charge is 2.15. The van der Waals surface area contributed by atoms with Gasteiger partial charge in [0.25, 0.3) is 0 Å². The number of aryl methyl sites for hydroxylation is 1. The molecule has 116 valence electrons. The lowest BCUT2D eigenvalue weighted by Gasteiger charge is -2.16. The average molecular weight is 292 g/mol. The summed E-state index contributed by atoms with van der Waals surface area (Å²) in [7, 11) is 1.74. The molecule has 6 nitrogen and oxygen atoms in total. The number of carbonyl (C=O) groups is 2. The Morgan fingerprint density at radius 1 is 1.24 bits per heavy atom. The largest absolute Gasteiger partial charge is 0.352 e. The molecule has 0 saturated carbocycles. The van der Waals surface area contributed by atoms with Gasteiger partial charge in [-0.1, -0.05) is 19.1 Å². The van der Waals surface area contributed by atoms with Crippen molar-refractivity contribution < 1.29 is 9.59 Å². The van der Waals surface area contributed by atoms with E-state index in [1.54, 1.807) is 7.05 Å². The number of amides is 3. The van der Waals surface area contributed by atoms with Crippen LogP contribution in [-0.2, 0) is 11.2 Å². The fraction of sp³-hybridized carbons (Fsp3) is 0.467. The predicted octanol–water partition coefficient (Wildman–Crippen LogP) is 1.22. The summed E-state index contributed by atoms with van der Waals surface area (Å²) in [6, 6.07) is 6.96. The third kappa shape index (κ3) is 6.27. The molecule has 21 heavy (non-hydrogen) atoms. The molecular formula is C15H24N4O2. The van der Waals surface area contributed by atoms with Crippen LogP contribution in [0, 0.1) is 0 Å². The van der Waals surface area contributed by atoms with Gasteiger partial charge in [0.05, 0.1) is 6.04 Å². The van der Waals surface area contributed by atoms with Gasteiger partial charge in [0, 0.05) is 12.2 Å². The summed E-state index contributed by atoms with van der Waals surface area (Å²) in [4.78, 5) is 22.7. The second-order valence-electron chi connectivity index (χ2n) is 4.81. The van der Waals surface area contributed by atoms with Gasteiger partial charge in [-0.2, -0.15) is 0 Å². The van der Waals surface area contributed by atoms with E-state index in [4.69, 9.17) is 5.73 Å². The second-order valence-corrected chi connectivity index (χ2v) is 4.81. The summed E-state index contributed by atoms with van der Waals surface area (Å²) < 4.78 is 0. The zero-order valence-corrected chi connectivity index (χ0v) is 12.6. The number of carbonyl (C=O) groups excluding carboxylic acids is 2. The maximum absolute atomic E-state index is 12.1. The summed E-state index contributed by atoms with van der Waals surface area (Å²) in [5.41, 5.74) is 7.00. The van der Waals surface area contributed by atoms with Crippen molar-refractivity contribution in [2.45, 2.75) is 32.2 Å². The van der Waals surface area contributed by atoms with Gasteiger partial charge in [0.1, 0.15) is 0 Å². The van der Waals surface area contributed by atoms with Crippen molar-refractivity contribution in [3.63, 3.8) is 0 Å². The Labute approximate surface area is 125 Å². The molecule has 0 radical (unpaired) electrons. The first-order chi connectivity index (χ1) is 10.1. The molecule has 0 unspecified atom stereocenters. The number of nitrogens with one attached hydrogen (secondary N) is 3. The average Bonchev–Trinajstić information content (AvgIpc) is 2.47. The molecule has 0 spiro atoms. The smallest absolute Gasteiger partial charge is 0.312 e. The zero-order valence-electron chi connectivity index (χ0n) is 12.6. The highest BCUT2D eigenvalue weighted by Crippen LogP contribution is 2.11. The summed E-state index contributed by atoms with van der Waals surface area (Å²) in [6.07, 6.45) is 2.27. The third-order valence-corrected chi connectivity index (χ3v) is 3.26. The van der Waals surface area contributed by atoms with Crippen molar-refractivity contribution >= 4 is 17.6 Å². The fourth-order valence-corrected chi connectivity index (χ4v) is 1.98. The SMILES string of the molecule is CCc1ccc(NC(=O)[C@H](CCCNC(N)=O)NC)cc1. The van der Waals surface area contributed by atoms with E-state index in [1.165, 1.54) is 5.56 Å². The molecule has 1 atom stereocenters. The van der Waals surface area contributed by atoms with E-state index in [-0.39, 0.29) is 11.9 Å². The fourth-order valence-electron chi connectivity index (χ4n) is 1.98. The normalized spacial score (nSPS) is 11.7. The zero-order chi connectivity index (χ0) is 15.7. The van der Waals surface area contributed by atoms with Crippen LogP contribution in [0.5, 0.6) is 0 Å². The molecule has 0 fully saturated rings. The summed E-state index contributed by atoms with van der Waals surface area (Å²) in [6.45, 7) is 2.55. The van der Waals surface area contributed by atoms with Gasteiger partial charge in [-0.25, -0.2) is 4.79 Å². The van der Waals surface area contributed by atoms with E-state index in [9.17, 15) is 9.59 Å². The Hall–Kier alpha value is -2.08. The molecule has 6 heteroatoms. The van der Waals surface area contributed by atoms with Crippen LogP contribution in [0.3, 0.4) is 0 Å². The van der Waals surface area contributed by atoms with Gasteiger partial charge >= 0.3 is 6.03 Å². The van der Waals surface area contributed by atoms with Crippen LogP contribution in [0.4, 0.5) is 10.5 Å². The van der Waals surface area contributed by atoms with Crippen molar-refractivity contribution in [3.8, 4) is 0 Å². The molecule has 1 aromatic rings. The number of likely N-dealkylation sites (N-methyl/N-ethyl adjacent to an activating group) is 1. The van der Waals surface area contributed by atoms with Crippen LogP contribution in [0.15, 0.2) is 24.3 Å². The van der Waals surface area contributed by atoms with Crippen molar-refractivity contribution in [1.29, 1.82) is 0 Å². The third-order valence-electron chi connectivity index (χ3n) is 3.26. The summed E-state index contributed by atoms with van der Waals surface area (Å²) in [5.74, 6) is -0.0826. The standard InChI is InChI=1S/C15H24N4O2/c1-3-11-6-8-12(9-7-11)19-14(20)13(17-2)5-4-10-18-15(16)21/h6-9,13,17H,3-5,10H2,1-2H3,(H,19,20)(H3,16,18,21)/t13-/m0/s1. The van der Waals surface area contributed by atoms with Gasteiger partial charge in [0.2, 0.25) is 5.91 Å². The number of rotatable bonds is 8. The lowest BCUT2D eigenvalue weighted by molar-refractivity contribution is -0.118. The number of urea groups is 1. The molecule has 0 aliphatic carbocycles. The minimum Gasteiger partial charge on any atom is -0.352 e. The van der Waals surface area contributed by atoms with Crippen LogP contribution >= 0.6 is 0 Å². The van der Waals surface area contributed by atoms with Crippen LogP contribution in [0.2, 0.25) is 0 Å². The van der Waals surface area contributed by atoms with E-state index < -0.39 is 6.03 Å². The molecule has 1 aromatic carbocycles. The first-order valence-corrected chi connectivity index (χ1v) is 7.17. The van der Waals surface area contributed by atoms with Crippen LogP contribution in [0.1, 0.15) is 25.3 Å². The quantitative estimate of drug-likeness (QED) is 0.542. The number of primary amides is 1. The molecule has 1 rings (SSSR count). The Bertz CT molecular complexity index is 459. The van der Waals surface area contributed by atoms with Crippen molar-refractivity contribution in [2.24, 2.45) is 5.73 Å². The molecule has 3 amide bonds. The predicted molar refractivity (Wildman–Crippen MR) is 84.1 cm³/mol. The van der Waals surface area contributed by atoms with Crippen molar-refractivity contribution in [2.75, 3.05) is 18.9 Å². The summed E-state index contributed by atoms with van der Waals surface area (Å²) >= 11 is 0. The van der Waals surface area contributed by atoms with E-state index >= 15 is 0 Å². The van der Waals surface area contributed by atoms with Gasteiger partial charge in [0.15, 0.2) is 0 Å². The first-order valence-electron chi connectivity index (χ1n) is 7.17. The van der Waals surface area contributed by atoms with E-state index in [0.717, 1.165) is 12.1 Å². The first kappa shape index (κ1) is 17.0. The molecule has 0 bridgehead atoms. The maximum Gasteiger partial charge on any atom is 0.312 e. The highest BCUT2D eigenvalue weighted by molar-refractivity contribution is 5.94. The van der Waals surface area contributed by atoms with Gasteiger partial charge < -0.3 is 21.7 Å². The Balaban J connectivity index is 2.44. The second kappa shape index (κ2) is 8.97. The highest BCUT2D eigenvalue weighted by atomic mass is 16.2. The number of benzene rings is 1. The van der Waals surface area contributed by atoms with Gasteiger partial charge in [-0.15, -0.1) is 0 Å². The Kier molecular flexibility index (Phi) is 7.25. The number of anilines is 1. The van der Waals surface area contributed by atoms with Crippen LogP contribution in [0.25, 0.3) is 0 Å². The lowest BCUT2D eigenvalue weighted by atomic mass is 10.1. The molecule has 0 saturated heterocycles. The number of hydrogen-bond donors (Lipinski definition) is 4.